The van der Waals surface area contributed by atoms with Crippen LogP contribution in [0.1, 0.15) is 15.9 Å². The zero-order valence-corrected chi connectivity index (χ0v) is 11.2. The number of carboxylic acid groups (broad SMARTS) is 1. The van der Waals surface area contributed by atoms with Crippen LogP contribution in [-0.2, 0) is 0 Å². The Balaban J connectivity index is 2.57. The maximum atomic E-state index is 11.2. The van der Waals surface area contributed by atoms with Gasteiger partial charge in [0.05, 0.1) is 7.11 Å². The summed E-state index contributed by atoms with van der Waals surface area (Å²) in [4.78, 5) is 15.1. The van der Waals surface area contributed by atoms with Gasteiger partial charge >= 0.3 is 5.97 Å². The van der Waals surface area contributed by atoms with Gasteiger partial charge in [-0.15, -0.1) is 0 Å². The second kappa shape index (κ2) is 5.28. The third kappa shape index (κ3) is 2.69. The molecule has 4 nitrogen and oxygen atoms in total. The molecule has 0 saturated heterocycles. The highest BCUT2D eigenvalue weighted by atomic mass is 35.5. The molecule has 0 bridgehead atoms. The van der Waals surface area contributed by atoms with Crippen molar-refractivity contribution in [1.29, 1.82) is 0 Å². The van der Waals surface area contributed by atoms with Crippen molar-refractivity contribution in [3.63, 3.8) is 0 Å². The van der Waals surface area contributed by atoms with Gasteiger partial charge in [0.1, 0.15) is 5.56 Å². The van der Waals surface area contributed by atoms with Crippen LogP contribution in [0.25, 0.3) is 11.1 Å². The third-order valence-electron chi connectivity index (χ3n) is 2.71. The molecule has 1 aromatic carbocycles. The summed E-state index contributed by atoms with van der Waals surface area (Å²) < 4.78 is 4.92. The first-order valence-corrected chi connectivity index (χ1v) is 5.94. The minimum Gasteiger partial charge on any atom is -0.480 e. The van der Waals surface area contributed by atoms with Gasteiger partial charge in [-0.3, -0.25) is 0 Å². The highest BCUT2D eigenvalue weighted by molar-refractivity contribution is 6.33. The molecule has 0 atom stereocenters. The van der Waals surface area contributed by atoms with Crippen LogP contribution >= 0.6 is 11.6 Å². The van der Waals surface area contributed by atoms with Gasteiger partial charge in [-0.1, -0.05) is 23.7 Å². The lowest BCUT2D eigenvalue weighted by molar-refractivity contribution is 0.0692. The number of hydrogen-bond donors (Lipinski definition) is 1. The molecule has 0 aliphatic rings. The molecule has 98 valence electrons. The highest BCUT2D eigenvalue weighted by Gasteiger charge is 2.15. The molecule has 0 aliphatic carbocycles. The van der Waals surface area contributed by atoms with E-state index >= 15 is 0 Å². The Morgan fingerprint density at radius 2 is 2.11 bits per heavy atom. The molecule has 0 saturated carbocycles. The fraction of sp³-hybridized carbons (Fsp3) is 0.143. The van der Waals surface area contributed by atoms with Crippen LogP contribution in [0, 0.1) is 6.92 Å². The van der Waals surface area contributed by atoms with Gasteiger partial charge < -0.3 is 9.84 Å². The summed E-state index contributed by atoms with van der Waals surface area (Å²) in [6, 6.07) is 7.07. The summed E-state index contributed by atoms with van der Waals surface area (Å²) in [6.45, 7) is 1.94. The summed E-state index contributed by atoms with van der Waals surface area (Å²) in [5, 5.41) is 9.69. The number of pyridine rings is 1. The molecular weight excluding hydrogens is 266 g/mol. The zero-order chi connectivity index (χ0) is 14.0. The van der Waals surface area contributed by atoms with Crippen molar-refractivity contribution in [3.8, 4) is 17.0 Å². The number of carboxylic acids is 1. The largest absolute Gasteiger partial charge is 0.480 e. The first-order valence-electron chi connectivity index (χ1n) is 5.56. The van der Waals surface area contributed by atoms with Crippen LogP contribution in [0.15, 0.2) is 30.5 Å². The highest BCUT2D eigenvalue weighted by Crippen LogP contribution is 2.30. The number of aromatic carboxylic acids is 1. The smallest absolute Gasteiger partial charge is 0.341 e. The number of benzene rings is 1. The van der Waals surface area contributed by atoms with Crippen LogP contribution in [0.4, 0.5) is 0 Å². The van der Waals surface area contributed by atoms with Crippen LogP contribution in [0.3, 0.4) is 0 Å². The Labute approximate surface area is 115 Å². The normalized spacial score (nSPS) is 10.3. The maximum absolute atomic E-state index is 11.2. The molecule has 2 aromatic rings. The van der Waals surface area contributed by atoms with Crippen LogP contribution in [0.2, 0.25) is 5.02 Å². The summed E-state index contributed by atoms with van der Waals surface area (Å²) in [5.74, 6) is -1.01. The van der Waals surface area contributed by atoms with E-state index in [4.69, 9.17) is 21.4 Å². The van der Waals surface area contributed by atoms with E-state index in [-0.39, 0.29) is 11.4 Å². The standard InChI is InChI=1S/C14H12ClNO3/c1-8-3-4-10(12(15)5-8)9-6-11(14(17)18)13(19-2)16-7-9/h3-7H,1-2H3,(H,17,18). The lowest BCUT2D eigenvalue weighted by Crippen LogP contribution is -2.02. The van der Waals surface area contributed by atoms with E-state index in [0.29, 0.717) is 10.6 Å². The molecule has 0 amide bonds. The van der Waals surface area contributed by atoms with Gasteiger partial charge in [-0.2, -0.15) is 0 Å². The average Bonchev–Trinajstić information content (AvgIpc) is 2.38. The van der Waals surface area contributed by atoms with Crippen molar-refractivity contribution >= 4 is 17.6 Å². The number of aryl methyl sites for hydroxylation is 1. The van der Waals surface area contributed by atoms with Gasteiger partial charge in [0, 0.05) is 22.3 Å². The predicted octanol–water partition coefficient (Wildman–Crippen LogP) is 3.42. The van der Waals surface area contributed by atoms with Crippen LogP contribution in [-0.4, -0.2) is 23.2 Å². The molecule has 1 heterocycles. The summed E-state index contributed by atoms with van der Waals surface area (Å²) in [6.07, 6.45) is 1.54. The van der Waals surface area contributed by atoms with Crippen molar-refractivity contribution in [1.82, 2.24) is 4.98 Å². The third-order valence-corrected chi connectivity index (χ3v) is 3.02. The number of carbonyl (C=O) groups is 1. The Bertz CT molecular complexity index is 641. The summed E-state index contributed by atoms with van der Waals surface area (Å²) in [5.41, 5.74) is 2.43. The van der Waals surface area contributed by atoms with E-state index in [1.54, 1.807) is 6.20 Å². The monoisotopic (exact) mass is 277 g/mol. The second-order valence-corrected chi connectivity index (χ2v) is 4.48. The number of aromatic nitrogens is 1. The molecule has 0 unspecified atom stereocenters. The molecule has 1 N–H and O–H groups in total. The van der Waals surface area contributed by atoms with E-state index in [0.717, 1.165) is 11.1 Å². The Hall–Kier alpha value is -2.07. The molecule has 0 radical (unpaired) electrons. The Morgan fingerprint density at radius 3 is 2.68 bits per heavy atom. The van der Waals surface area contributed by atoms with Gasteiger partial charge in [-0.25, -0.2) is 9.78 Å². The van der Waals surface area contributed by atoms with Gasteiger partial charge in [0.15, 0.2) is 0 Å². The zero-order valence-electron chi connectivity index (χ0n) is 10.5. The van der Waals surface area contributed by atoms with Gasteiger partial charge in [0.25, 0.3) is 0 Å². The van der Waals surface area contributed by atoms with Crippen molar-refractivity contribution in [2.45, 2.75) is 6.92 Å². The molecule has 19 heavy (non-hydrogen) atoms. The second-order valence-electron chi connectivity index (χ2n) is 4.07. The van der Waals surface area contributed by atoms with E-state index in [9.17, 15) is 4.79 Å². The molecule has 1 aromatic heterocycles. The van der Waals surface area contributed by atoms with Gasteiger partial charge in [-0.05, 0) is 24.6 Å². The van der Waals surface area contributed by atoms with Crippen molar-refractivity contribution in [3.05, 3.63) is 46.6 Å². The topological polar surface area (TPSA) is 59.4 Å². The molecule has 5 heteroatoms. The van der Waals surface area contributed by atoms with Crippen LogP contribution < -0.4 is 4.74 Å². The van der Waals surface area contributed by atoms with Gasteiger partial charge in [0.2, 0.25) is 5.88 Å². The molecule has 0 spiro atoms. The van der Waals surface area contributed by atoms with Crippen molar-refractivity contribution in [2.75, 3.05) is 7.11 Å². The summed E-state index contributed by atoms with van der Waals surface area (Å²) in [7, 11) is 1.38. The lowest BCUT2D eigenvalue weighted by atomic mass is 10.0. The van der Waals surface area contributed by atoms with Crippen molar-refractivity contribution in [2.24, 2.45) is 0 Å². The average molecular weight is 278 g/mol. The maximum Gasteiger partial charge on any atom is 0.341 e. The molecule has 0 fully saturated rings. The number of rotatable bonds is 3. The van der Waals surface area contributed by atoms with Crippen molar-refractivity contribution < 1.29 is 14.6 Å². The minimum atomic E-state index is -1.09. The lowest BCUT2D eigenvalue weighted by Gasteiger charge is -2.08. The van der Waals surface area contributed by atoms with E-state index in [1.165, 1.54) is 13.2 Å². The van der Waals surface area contributed by atoms with E-state index < -0.39 is 5.97 Å². The molecular formula is C14H12ClNO3. The quantitative estimate of drug-likeness (QED) is 0.934. The number of ether oxygens (including phenoxy) is 1. The predicted molar refractivity (Wildman–Crippen MR) is 72.9 cm³/mol. The fourth-order valence-electron chi connectivity index (χ4n) is 1.77. The Kier molecular flexibility index (Phi) is 3.71. The van der Waals surface area contributed by atoms with E-state index in [2.05, 4.69) is 4.98 Å². The number of methoxy groups -OCH3 is 1. The van der Waals surface area contributed by atoms with Crippen LogP contribution in [0.5, 0.6) is 5.88 Å². The van der Waals surface area contributed by atoms with E-state index in [1.807, 2.05) is 25.1 Å². The minimum absolute atomic E-state index is 0.0108. The molecule has 2 rings (SSSR count). The fourth-order valence-corrected chi connectivity index (χ4v) is 2.11. The SMILES string of the molecule is COc1ncc(-c2ccc(C)cc2Cl)cc1C(=O)O. The first-order chi connectivity index (χ1) is 9.02. The number of nitrogens with zero attached hydrogens (tertiary/aromatic N) is 1. The Morgan fingerprint density at radius 1 is 1.37 bits per heavy atom. The number of hydrogen-bond acceptors (Lipinski definition) is 3. The summed E-state index contributed by atoms with van der Waals surface area (Å²) >= 11 is 6.16. The number of halogens is 1. The first kappa shape index (κ1) is 13.4. The molecule has 0 aliphatic heterocycles.